The van der Waals surface area contributed by atoms with Crippen LogP contribution < -0.4 is 11.1 Å². The van der Waals surface area contributed by atoms with E-state index in [-0.39, 0.29) is 31.0 Å². The largest absolute Gasteiger partial charge is 0.481 e. The van der Waals surface area contributed by atoms with E-state index in [0.717, 1.165) is 0 Å². The molecule has 1 aliphatic carbocycles. The van der Waals surface area contributed by atoms with Crippen molar-refractivity contribution in [1.29, 1.82) is 0 Å². The Labute approximate surface area is 111 Å². The van der Waals surface area contributed by atoms with Gasteiger partial charge in [-0.05, 0) is 25.7 Å². The van der Waals surface area contributed by atoms with Crippen LogP contribution in [0.3, 0.4) is 0 Å². The second-order valence-electron chi connectivity index (χ2n) is 4.70. The van der Waals surface area contributed by atoms with Gasteiger partial charge < -0.3 is 20.9 Å². The first-order valence-corrected chi connectivity index (χ1v) is 6.37. The maximum Gasteiger partial charge on any atom is 0.306 e. The summed E-state index contributed by atoms with van der Waals surface area (Å²) in [6.45, 7) is 0.406. The summed E-state index contributed by atoms with van der Waals surface area (Å²) in [6.07, 6.45) is 2.30. The highest BCUT2D eigenvalue weighted by atomic mass is 16.5. The van der Waals surface area contributed by atoms with Gasteiger partial charge in [-0.15, -0.1) is 0 Å². The molecule has 0 saturated heterocycles. The molecule has 0 aromatic carbocycles. The fourth-order valence-corrected chi connectivity index (χ4v) is 2.17. The molecule has 0 atom stereocenters. The van der Waals surface area contributed by atoms with Gasteiger partial charge in [-0.25, -0.2) is 0 Å². The molecule has 1 rings (SSSR count). The minimum atomic E-state index is -0.779. The standard InChI is InChI=1S/C12H20N2O5/c13-10(15)7-19-6-5-14-11(16)8-1-3-9(4-2-8)12(17)18/h8-9H,1-7H2,(H2,13,15)(H,14,16)(H,17,18). The van der Waals surface area contributed by atoms with Crippen molar-refractivity contribution in [3.63, 3.8) is 0 Å². The van der Waals surface area contributed by atoms with Crippen LogP contribution in [0.1, 0.15) is 25.7 Å². The van der Waals surface area contributed by atoms with Crippen molar-refractivity contribution < 1.29 is 24.2 Å². The van der Waals surface area contributed by atoms with Crippen molar-refractivity contribution in [2.45, 2.75) is 25.7 Å². The van der Waals surface area contributed by atoms with Gasteiger partial charge >= 0.3 is 5.97 Å². The number of carbonyl (C=O) groups excluding carboxylic acids is 2. The van der Waals surface area contributed by atoms with Crippen LogP contribution in [-0.2, 0) is 19.1 Å². The highest BCUT2D eigenvalue weighted by Crippen LogP contribution is 2.28. The summed E-state index contributed by atoms with van der Waals surface area (Å²) in [6, 6.07) is 0. The summed E-state index contributed by atoms with van der Waals surface area (Å²) in [4.78, 5) is 32.9. The molecule has 0 heterocycles. The highest BCUT2D eigenvalue weighted by Gasteiger charge is 2.29. The highest BCUT2D eigenvalue weighted by molar-refractivity contribution is 5.79. The average Bonchev–Trinajstić information content (AvgIpc) is 2.37. The first kappa shape index (κ1) is 15.4. The third kappa shape index (κ3) is 5.69. The van der Waals surface area contributed by atoms with Crippen LogP contribution in [0.4, 0.5) is 0 Å². The zero-order chi connectivity index (χ0) is 14.3. The maximum absolute atomic E-state index is 11.8. The first-order chi connectivity index (χ1) is 9.00. The number of amides is 2. The Morgan fingerprint density at radius 2 is 1.74 bits per heavy atom. The number of nitrogens with two attached hydrogens (primary N) is 1. The summed E-state index contributed by atoms with van der Waals surface area (Å²) < 4.78 is 4.91. The molecule has 1 aliphatic rings. The molecule has 7 heteroatoms. The molecular formula is C12H20N2O5. The molecule has 0 aromatic rings. The van der Waals surface area contributed by atoms with Gasteiger partial charge in [0, 0.05) is 12.5 Å². The van der Waals surface area contributed by atoms with E-state index >= 15 is 0 Å². The molecule has 4 N–H and O–H groups in total. The maximum atomic E-state index is 11.8. The van der Waals surface area contributed by atoms with Crippen LogP contribution >= 0.6 is 0 Å². The van der Waals surface area contributed by atoms with Crippen LogP contribution in [0.15, 0.2) is 0 Å². The van der Waals surface area contributed by atoms with E-state index in [1.54, 1.807) is 0 Å². The quantitative estimate of drug-likeness (QED) is 0.540. The van der Waals surface area contributed by atoms with Gasteiger partial charge in [0.15, 0.2) is 0 Å². The van der Waals surface area contributed by atoms with Gasteiger partial charge in [0.1, 0.15) is 6.61 Å². The van der Waals surface area contributed by atoms with Crippen molar-refractivity contribution in [2.75, 3.05) is 19.8 Å². The number of hydrogen-bond donors (Lipinski definition) is 3. The Kier molecular flexibility index (Phi) is 6.27. The molecule has 108 valence electrons. The van der Waals surface area contributed by atoms with Gasteiger partial charge in [0.05, 0.1) is 12.5 Å². The SMILES string of the molecule is NC(=O)COCCNC(=O)C1CCC(C(=O)O)CC1. The second kappa shape index (κ2) is 7.73. The van der Waals surface area contributed by atoms with Gasteiger partial charge in [-0.3, -0.25) is 14.4 Å². The Balaban J connectivity index is 2.14. The van der Waals surface area contributed by atoms with Crippen LogP contribution in [0.2, 0.25) is 0 Å². The van der Waals surface area contributed by atoms with E-state index < -0.39 is 11.9 Å². The minimum absolute atomic E-state index is 0.0773. The number of ether oxygens (including phenoxy) is 1. The number of aliphatic carboxylic acids is 1. The topological polar surface area (TPSA) is 119 Å². The van der Waals surface area contributed by atoms with Gasteiger partial charge in [-0.2, -0.15) is 0 Å². The number of hydrogen-bond acceptors (Lipinski definition) is 4. The van der Waals surface area contributed by atoms with E-state index in [0.29, 0.717) is 32.2 Å². The number of carbonyl (C=O) groups is 3. The summed E-state index contributed by atoms with van der Waals surface area (Å²) in [7, 11) is 0. The fourth-order valence-electron chi connectivity index (χ4n) is 2.17. The van der Waals surface area contributed by atoms with Crippen molar-refractivity contribution in [3.8, 4) is 0 Å². The molecule has 0 aromatic heterocycles. The molecule has 1 fully saturated rings. The average molecular weight is 272 g/mol. The number of carboxylic acid groups (broad SMARTS) is 1. The number of nitrogens with one attached hydrogen (secondary N) is 1. The van der Waals surface area contributed by atoms with Crippen molar-refractivity contribution >= 4 is 17.8 Å². The normalized spacial score (nSPS) is 22.7. The molecule has 0 spiro atoms. The van der Waals surface area contributed by atoms with Gasteiger partial charge in [0.25, 0.3) is 0 Å². The molecule has 0 bridgehead atoms. The third-order valence-corrected chi connectivity index (χ3v) is 3.24. The molecule has 7 nitrogen and oxygen atoms in total. The van der Waals surface area contributed by atoms with Crippen molar-refractivity contribution in [1.82, 2.24) is 5.32 Å². The Hall–Kier alpha value is -1.63. The Morgan fingerprint density at radius 1 is 1.16 bits per heavy atom. The van der Waals surface area contributed by atoms with E-state index in [9.17, 15) is 14.4 Å². The molecule has 0 aliphatic heterocycles. The second-order valence-corrected chi connectivity index (χ2v) is 4.70. The predicted molar refractivity (Wildman–Crippen MR) is 66.1 cm³/mol. The van der Waals surface area contributed by atoms with Gasteiger partial charge in [-0.1, -0.05) is 0 Å². The summed E-state index contributed by atoms with van der Waals surface area (Å²) in [5.74, 6) is -1.83. The zero-order valence-electron chi connectivity index (χ0n) is 10.8. The fraction of sp³-hybridized carbons (Fsp3) is 0.750. The Morgan fingerprint density at radius 3 is 2.26 bits per heavy atom. The van der Waals surface area contributed by atoms with Crippen LogP contribution in [0, 0.1) is 11.8 Å². The van der Waals surface area contributed by atoms with Crippen molar-refractivity contribution in [3.05, 3.63) is 0 Å². The van der Waals surface area contributed by atoms with Gasteiger partial charge in [0.2, 0.25) is 11.8 Å². The van der Waals surface area contributed by atoms with E-state index in [4.69, 9.17) is 15.6 Å². The first-order valence-electron chi connectivity index (χ1n) is 6.37. The molecular weight excluding hydrogens is 252 g/mol. The summed E-state index contributed by atoms with van der Waals surface area (Å²) in [5, 5.41) is 11.6. The van der Waals surface area contributed by atoms with Crippen LogP contribution in [0.5, 0.6) is 0 Å². The lowest BCUT2D eigenvalue weighted by atomic mass is 9.81. The molecule has 2 amide bonds. The van der Waals surface area contributed by atoms with E-state index in [1.807, 2.05) is 0 Å². The molecule has 1 saturated carbocycles. The number of carboxylic acids is 1. The number of rotatable bonds is 7. The van der Waals surface area contributed by atoms with Crippen molar-refractivity contribution in [2.24, 2.45) is 17.6 Å². The third-order valence-electron chi connectivity index (χ3n) is 3.24. The van der Waals surface area contributed by atoms with Crippen LogP contribution in [-0.4, -0.2) is 42.6 Å². The lowest BCUT2D eigenvalue weighted by Crippen LogP contribution is -2.36. The monoisotopic (exact) mass is 272 g/mol. The Bertz CT molecular complexity index is 337. The summed E-state index contributed by atoms with van der Waals surface area (Å²) >= 11 is 0. The molecule has 0 radical (unpaired) electrons. The molecule has 19 heavy (non-hydrogen) atoms. The number of primary amides is 1. The van der Waals surface area contributed by atoms with Crippen LogP contribution in [0.25, 0.3) is 0 Å². The molecule has 0 unspecified atom stereocenters. The predicted octanol–water partition coefficient (Wildman–Crippen LogP) is -0.504. The smallest absolute Gasteiger partial charge is 0.306 e. The minimum Gasteiger partial charge on any atom is -0.481 e. The van der Waals surface area contributed by atoms with E-state index in [1.165, 1.54) is 0 Å². The zero-order valence-corrected chi connectivity index (χ0v) is 10.8. The lowest BCUT2D eigenvalue weighted by molar-refractivity contribution is -0.144. The summed E-state index contributed by atoms with van der Waals surface area (Å²) in [5.41, 5.74) is 4.89. The van der Waals surface area contributed by atoms with E-state index in [2.05, 4.69) is 5.32 Å². The lowest BCUT2D eigenvalue weighted by Gasteiger charge is -2.25.